The number of halogens is 1. The quantitative estimate of drug-likeness (QED) is 0.788. The van der Waals surface area contributed by atoms with Crippen molar-refractivity contribution in [2.45, 2.75) is 19.9 Å². The Morgan fingerprint density at radius 2 is 1.86 bits per heavy atom. The van der Waals surface area contributed by atoms with Crippen molar-refractivity contribution in [3.8, 4) is 0 Å². The summed E-state index contributed by atoms with van der Waals surface area (Å²) in [4.78, 5) is 5.72. The lowest BCUT2D eigenvalue weighted by molar-refractivity contribution is 0.602. The Morgan fingerprint density at radius 1 is 1.14 bits per heavy atom. The predicted molar refractivity (Wildman–Crippen MR) is 98.4 cm³/mol. The van der Waals surface area contributed by atoms with Gasteiger partial charge >= 0.3 is 0 Å². The number of thiocarbonyl (C=S) groups is 1. The van der Waals surface area contributed by atoms with Crippen LogP contribution in [0.2, 0.25) is 5.02 Å². The smallest absolute Gasteiger partial charge is 0.105 e. The summed E-state index contributed by atoms with van der Waals surface area (Å²) in [5.41, 5.74) is 3.96. The Morgan fingerprint density at radius 3 is 2.55 bits per heavy atom. The van der Waals surface area contributed by atoms with Crippen molar-refractivity contribution in [2.24, 2.45) is 10.9 Å². The molecule has 3 rings (SSSR count). The van der Waals surface area contributed by atoms with E-state index in [0.29, 0.717) is 10.9 Å². The first-order chi connectivity index (χ1) is 10.6. The molecule has 0 radical (unpaired) electrons. The summed E-state index contributed by atoms with van der Waals surface area (Å²) in [7, 11) is 0. The summed E-state index contributed by atoms with van der Waals surface area (Å²) < 4.78 is 0. The Labute approximate surface area is 141 Å². The van der Waals surface area contributed by atoms with Crippen molar-refractivity contribution in [2.75, 3.05) is 5.32 Å². The molecule has 1 N–H and O–H groups in total. The van der Waals surface area contributed by atoms with Crippen LogP contribution in [0.5, 0.6) is 0 Å². The fourth-order valence-electron chi connectivity index (χ4n) is 2.57. The maximum atomic E-state index is 6.20. The predicted octanol–water partition coefficient (Wildman–Crippen LogP) is 4.95. The minimum atomic E-state index is -0.0450. The minimum absolute atomic E-state index is 0.0450. The average Bonchev–Trinajstić information content (AvgIpc) is 2.64. The zero-order valence-electron chi connectivity index (χ0n) is 12.5. The van der Waals surface area contributed by atoms with Gasteiger partial charge in [0.25, 0.3) is 0 Å². The van der Waals surface area contributed by atoms with E-state index in [0.717, 1.165) is 27.5 Å². The summed E-state index contributed by atoms with van der Waals surface area (Å²) >= 11 is 11.8. The Bertz CT molecular complexity index is 738. The molecule has 2 aromatic carbocycles. The largest absolute Gasteiger partial charge is 0.348 e. The van der Waals surface area contributed by atoms with E-state index in [9.17, 15) is 0 Å². The molecule has 0 saturated heterocycles. The molecule has 0 aliphatic carbocycles. The molecule has 0 fully saturated rings. The van der Waals surface area contributed by atoms with Gasteiger partial charge in [0.15, 0.2) is 0 Å². The van der Waals surface area contributed by atoms with Crippen molar-refractivity contribution in [3.63, 3.8) is 0 Å². The number of hydrogen-bond donors (Lipinski definition) is 1. The van der Waals surface area contributed by atoms with Gasteiger partial charge in [-0.25, -0.2) is 0 Å². The number of hydrogen-bond acceptors (Lipinski definition) is 2. The molecule has 0 saturated carbocycles. The van der Waals surface area contributed by atoms with E-state index in [-0.39, 0.29) is 6.04 Å². The van der Waals surface area contributed by atoms with Crippen molar-refractivity contribution < 1.29 is 0 Å². The zero-order valence-corrected chi connectivity index (χ0v) is 14.1. The van der Waals surface area contributed by atoms with Gasteiger partial charge in [-0.1, -0.05) is 68.0 Å². The number of benzene rings is 2. The molecule has 1 heterocycles. The van der Waals surface area contributed by atoms with Crippen LogP contribution < -0.4 is 5.32 Å². The first-order valence-electron chi connectivity index (χ1n) is 7.30. The summed E-state index contributed by atoms with van der Waals surface area (Å²) in [6.07, 6.45) is 0. The van der Waals surface area contributed by atoms with Crippen molar-refractivity contribution >= 4 is 40.2 Å². The highest BCUT2D eigenvalue weighted by molar-refractivity contribution is 7.80. The second kappa shape index (κ2) is 6.19. The van der Waals surface area contributed by atoms with Crippen molar-refractivity contribution in [1.82, 2.24) is 0 Å². The molecule has 0 bridgehead atoms. The van der Waals surface area contributed by atoms with Crippen LogP contribution in [-0.4, -0.2) is 16.7 Å². The van der Waals surface area contributed by atoms with Crippen molar-refractivity contribution in [3.05, 3.63) is 64.7 Å². The molecule has 2 aromatic rings. The van der Waals surface area contributed by atoms with Gasteiger partial charge in [0.2, 0.25) is 0 Å². The van der Waals surface area contributed by atoms with Crippen LogP contribution in [0.3, 0.4) is 0 Å². The van der Waals surface area contributed by atoms with Gasteiger partial charge in [-0.2, -0.15) is 0 Å². The zero-order chi connectivity index (χ0) is 15.7. The minimum Gasteiger partial charge on any atom is -0.348 e. The molecule has 0 spiro atoms. The van der Waals surface area contributed by atoms with Gasteiger partial charge in [0.1, 0.15) is 11.0 Å². The Hall–Kier alpha value is -1.71. The number of anilines is 1. The fourth-order valence-corrected chi connectivity index (χ4v) is 3.18. The maximum absolute atomic E-state index is 6.20. The first kappa shape index (κ1) is 15.2. The van der Waals surface area contributed by atoms with Crippen LogP contribution in [0, 0.1) is 5.92 Å². The number of nitrogens with zero attached hydrogens (tertiary/aromatic N) is 1. The van der Waals surface area contributed by atoms with Gasteiger partial charge in [-0.15, -0.1) is 0 Å². The lowest BCUT2D eigenvalue weighted by Gasteiger charge is -2.17. The van der Waals surface area contributed by atoms with E-state index < -0.39 is 0 Å². The topological polar surface area (TPSA) is 24.4 Å². The average molecular weight is 329 g/mol. The standard InChI is InChI=1S/C18H17ClN2S/c1-11(2)16-18(22)20-15-9-8-13(19)10-14(15)17(21-16)12-6-4-3-5-7-12/h3-11,16H,1-2H3,(H,20,22)/t16-/m0/s1. The molecular weight excluding hydrogens is 312 g/mol. The number of rotatable bonds is 2. The van der Waals surface area contributed by atoms with E-state index in [1.54, 1.807) is 0 Å². The van der Waals surface area contributed by atoms with Crippen LogP contribution in [0.1, 0.15) is 25.0 Å². The van der Waals surface area contributed by atoms with Crippen LogP contribution >= 0.6 is 23.8 Å². The molecule has 112 valence electrons. The third kappa shape index (κ3) is 2.92. The van der Waals surface area contributed by atoms with Gasteiger partial charge < -0.3 is 5.32 Å². The van der Waals surface area contributed by atoms with Gasteiger partial charge in [0, 0.05) is 21.8 Å². The third-order valence-electron chi connectivity index (χ3n) is 3.71. The van der Waals surface area contributed by atoms with E-state index in [2.05, 4.69) is 31.3 Å². The van der Waals surface area contributed by atoms with Gasteiger partial charge in [0.05, 0.1) is 5.71 Å². The number of nitrogens with one attached hydrogen (secondary N) is 1. The van der Waals surface area contributed by atoms with Crippen LogP contribution in [0.25, 0.3) is 0 Å². The summed E-state index contributed by atoms with van der Waals surface area (Å²) in [5.74, 6) is 0.323. The molecule has 0 amide bonds. The second-order valence-corrected chi connectivity index (χ2v) is 6.59. The second-order valence-electron chi connectivity index (χ2n) is 5.71. The molecule has 4 heteroatoms. The SMILES string of the molecule is CC(C)[C@@H]1N=C(c2ccccc2)c2cc(Cl)ccc2NC1=S. The van der Waals surface area contributed by atoms with Gasteiger partial charge in [-0.3, -0.25) is 4.99 Å². The number of fused-ring (bicyclic) bond motifs is 1. The molecule has 2 nitrogen and oxygen atoms in total. The maximum Gasteiger partial charge on any atom is 0.105 e. The van der Waals surface area contributed by atoms with Crippen LogP contribution in [0.15, 0.2) is 53.5 Å². The first-order valence-corrected chi connectivity index (χ1v) is 8.09. The molecule has 1 atom stereocenters. The lowest BCUT2D eigenvalue weighted by atomic mass is 10.00. The summed E-state index contributed by atoms with van der Waals surface area (Å²) in [6.45, 7) is 4.27. The molecule has 0 aromatic heterocycles. The summed E-state index contributed by atoms with van der Waals surface area (Å²) in [5, 5.41) is 4.03. The number of benzodiazepines with no additional fused rings is 1. The summed E-state index contributed by atoms with van der Waals surface area (Å²) in [6, 6.07) is 15.9. The van der Waals surface area contributed by atoms with Crippen LogP contribution in [-0.2, 0) is 0 Å². The van der Waals surface area contributed by atoms with Gasteiger partial charge in [-0.05, 0) is 24.1 Å². The molecule has 1 aliphatic rings. The lowest BCUT2D eigenvalue weighted by Crippen LogP contribution is -2.28. The molecular formula is C18H17ClN2S. The van der Waals surface area contributed by atoms with E-state index in [1.807, 2.05) is 36.4 Å². The Balaban J connectivity index is 2.23. The van der Waals surface area contributed by atoms with E-state index in [4.69, 9.17) is 28.8 Å². The highest BCUT2D eigenvalue weighted by atomic mass is 35.5. The molecule has 22 heavy (non-hydrogen) atoms. The van der Waals surface area contributed by atoms with E-state index in [1.165, 1.54) is 0 Å². The third-order valence-corrected chi connectivity index (χ3v) is 4.29. The molecule has 0 unspecified atom stereocenters. The fraction of sp³-hybridized carbons (Fsp3) is 0.222. The number of aliphatic imine (C=N–C) groups is 1. The van der Waals surface area contributed by atoms with E-state index >= 15 is 0 Å². The highest BCUT2D eigenvalue weighted by Gasteiger charge is 2.25. The van der Waals surface area contributed by atoms with Crippen LogP contribution in [0.4, 0.5) is 5.69 Å². The Kier molecular flexibility index (Phi) is 4.27. The van der Waals surface area contributed by atoms with Crippen molar-refractivity contribution in [1.29, 1.82) is 0 Å². The normalized spacial score (nSPS) is 17.5. The molecule has 1 aliphatic heterocycles. The highest BCUT2D eigenvalue weighted by Crippen LogP contribution is 2.29. The monoisotopic (exact) mass is 328 g/mol.